The Balaban J connectivity index is 2.58. The van der Waals surface area contributed by atoms with Gasteiger partial charge in [-0.05, 0) is 19.8 Å². The molecule has 13 heavy (non-hydrogen) atoms. The van der Waals surface area contributed by atoms with Crippen LogP contribution in [0.1, 0.15) is 45.4 Å². The lowest BCUT2D eigenvalue weighted by molar-refractivity contribution is -0.120. The fourth-order valence-electron chi connectivity index (χ4n) is 1.51. The molecule has 0 fully saturated rings. The smallest absolute Gasteiger partial charge is 0.136 e. The van der Waals surface area contributed by atoms with Crippen LogP contribution in [0.4, 0.5) is 0 Å². The van der Waals surface area contributed by atoms with E-state index in [1.165, 1.54) is 0 Å². The molecular formula is C11H16O2. The van der Waals surface area contributed by atoms with Crippen LogP contribution in [-0.2, 0) is 9.59 Å². The Morgan fingerprint density at radius 1 is 1.08 bits per heavy atom. The fourth-order valence-corrected chi connectivity index (χ4v) is 1.51. The summed E-state index contributed by atoms with van der Waals surface area (Å²) in [5, 5.41) is 0. The van der Waals surface area contributed by atoms with Gasteiger partial charge < -0.3 is 0 Å². The number of carbonyl (C=O) groups excluding carboxylic acids is 2. The van der Waals surface area contributed by atoms with Crippen molar-refractivity contribution in [1.29, 1.82) is 0 Å². The first-order chi connectivity index (χ1) is 6.18. The number of hydrogen-bond donors (Lipinski definition) is 0. The molecule has 0 aliphatic heterocycles. The van der Waals surface area contributed by atoms with Gasteiger partial charge in [0, 0.05) is 25.7 Å². The van der Waals surface area contributed by atoms with E-state index in [0.717, 1.165) is 18.4 Å². The molecule has 0 aromatic carbocycles. The first kappa shape index (κ1) is 10.2. The van der Waals surface area contributed by atoms with Gasteiger partial charge >= 0.3 is 0 Å². The lowest BCUT2D eigenvalue weighted by atomic mass is 10.00. The Kier molecular flexibility index (Phi) is 3.87. The van der Waals surface area contributed by atoms with Crippen LogP contribution in [0.2, 0.25) is 0 Å². The van der Waals surface area contributed by atoms with E-state index in [2.05, 4.69) is 0 Å². The molecule has 0 radical (unpaired) electrons. The highest BCUT2D eigenvalue weighted by Gasteiger charge is 2.07. The van der Waals surface area contributed by atoms with Crippen molar-refractivity contribution < 1.29 is 9.59 Å². The maximum absolute atomic E-state index is 11.3. The first-order valence-electron chi connectivity index (χ1n) is 4.87. The van der Waals surface area contributed by atoms with Crippen LogP contribution in [0.25, 0.3) is 0 Å². The number of rotatable bonds is 0. The molecule has 2 nitrogen and oxygen atoms in total. The summed E-state index contributed by atoms with van der Waals surface area (Å²) in [6.45, 7) is 1.92. The van der Waals surface area contributed by atoms with E-state index in [-0.39, 0.29) is 0 Å². The number of carbonyl (C=O) groups is 2. The quantitative estimate of drug-likeness (QED) is 0.536. The van der Waals surface area contributed by atoms with E-state index in [9.17, 15) is 9.59 Å². The van der Waals surface area contributed by atoms with E-state index < -0.39 is 0 Å². The van der Waals surface area contributed by atoms with E-state index in [1.54, 1.807) is 0 Å². The molecule has 72 valence electrons. The predicted molar refractivity (Wildman–Crippen MR) is 51.5 cm³/mol. The van der Waals surface area contributed by atoms with Gasteiger partial charge in [-0.15, -0.1) is 0 Å². The van der Waals surface area contributed by atoms with Gasteiger partial charge in [0.2, 0.25) is 0 Å². The van der Waals surface area contributed by atoms with Crippen molar-refractivity contribution in [2.45, 2.75) is 45.4 Å². The van der Waals surface area contributed by atoms with E-state index in [4.69, 9.17) is 0 Å². The highest BCUT2D eigenvalue weighted by atomic mass is 16.1. The Hall–Kier alpha value is -0.920. The fraction of sp³-hybridized carbons (Fsp3) is 0.636. The second-order valence-electron chi connectivity index (χ2n) is 3.72. The second-order valence-corrected chi connectivity index (χ2v) is 3.72. The van der Waals surface area contributed by atoms with E-state index >= 15 is 0 Å². The van der Waals surface area contributed by atoms with Crippen molar-refractivity contribution in [2.75, 3.05) is 0 Å². The summed E-state index contributed by atoms with van der Waals surface area (Å²) in [7, 11) is 0. The standard InChI is InChI=1S/C11H16O2/c1-9-6-7-10(12)4-2-3-5-11(13)8-9/h6H,2-5,7-8H2,1H3/b9-6-. The maximum atomic E-state index is 11.3. The Morgan fingerprint density at radius 2 is 1.69 bits per heavy atom. The number of hydrogen-bond acceptors (Lipinski definition) is 2. The topological polar surface area (TPSA) is 34.1 Å². The SMILES string of the molecule is C/C1=C/CC(=O)CCCCC(=O)C1. The van der Waals surface area contributed by atoms with Gasteiger partial charge in [0.25, 0.3) is 0 Å². The van der Waals surface area contributed by atoms with Crippen LogP contribution >= 0.6 is 0 Å². The van der Waals surface area contributed by atoms with Gasteiger partial charge in [-0.25, -0.2) is 0 Å². The Labute approximate surface area is 79.0 Å². The zero-order valence-electron chi connectivity index (χ0n) is 8.14. The number of Topliss-reactive ketones (excluding diaryl/α,β-unsaturated/α-hetero) is 2. The van der Waals surface area contributed by atoms with Crippen molar-refractivity contribution in [2.24, 2.45) is 0 Å². The van der Waals surface area contributed by atoms with Crippen molar-refractivity contribution in [3.05, 3.63) is 11.6 Å². The highest BCUT2D eigenvalue weighted by Crippen LogP contribution is 2.12. The number of ketones is 2. The molecule has 0 aromatic rings. The van der Waals surface area contributed by atoms with Crippen molar-refractivity contribution in [1.82, 2.24) is 0 Å². The maximum Gasteiger partial charge on any atom is 0.136 e. The Morgan fingerprint density at radius 3 is 2.38 bits per heavy atom. The van der Waals surface area contributed by atoms with Gasteiger partial charge in [-0.2, -0.15) is 0 Å². The third kappa shape index (κ3) is 4.02. The summed E-state index contributed by atoms with van der Waals surface area (Å²) in [5.41, 5.74) is 1.04. The summed E-state index contributed by atoms with van der Waals surface area (Å²) < 4.78 is 0. The molecule has 0 aromatic heterocycles. The summed E-state index contributed by atoms with van der Waals surface area (Å²) >= 11 is 0. The van der Waals surface area contributed by atoms with E-state index in [1.807, 2.05) is 13.0 Å². The zero-order valence-corrected chi connectivity index (χ0v) is 8.14. The molecule has 1 aliphatic rings. The minimum atomic E-state index is 0.300. The van der Waals surface area contributed by atoms with Crippen LogP contribution in [-0.4, -0.2) is 11.6 Å². The summed E-state index contributed by atoms with van der Waals surface area (Å²) in [4.78, 5) is 22.5. The minimum Gasteiger partial charge on any atom is -0.299 e. The van der Waals surface area contributed by atoms with Crippen LogP contribution in [0, 0.1) is 0 Å². The highest BCUT2D eigenvalue weighted by molar-refractivity contribution is 5.83. The molecular weight excluding hydrogens is 164 g/mol. The Bertz CT molecular complexity index is 238. The first-order valence-corrected chi connectivity index (χ1v) is 4.87. The number of allylic oxidation sites excluding steroid dienone is 2. The molecule has 0 N–H and O–H groups in total. The molecule has 0 bridgehead atoms. The molecule has 1 rings (SSSR count). The molecule has 0 unspecified atom stereocenters. The van der Waals surface area contributed by atoms with E-state index in [0.29, 0.717) is 37.2 Å². The molecule has 0 atom stereocenters. The molecule has 2 heteroatoms. The third-order valence-electron chi connectivity index (χ3n) is 2.32. The molecule has 0 saturated carbocycles. The van der Waals surface area contributed by atoms with Gasteiger partial charge in [0.05, 0.1) is 0 Å². The lowest BCUT2D eigenvalue weighted by Crippen LogP contribution is -2.03. The minimum absolute atomic E-state index is 0.300. The molecule has 1 aliphatic carbocycles. The predicted octanol–water partition coefficient (Wildman–Crippen LogP) is 2.43. The normalized spacial score (nSPS) is 25.2. The van der Waals surface area contributed by atoms with Crippen molar-refractivity contribution in [3.8, 4) is 0 Å². The molecule has 0 saturated heterocycles. The summed E-state index contributed by atoms with van der Waals surface area (Å²) in [6.07, 6.45) is 5.96. The van der Waals surface area contributed by atoms with Gasteiger partial charge in [0.15, 0.2) is 0 Å². The largest absolute Gasteiger partial charge is 0.299 e. The third-order valence-corrected chi connectivity index (χ3v) is 2.32. The average Bonchev–Trinajstić information content (AvgIpc) is 2.08. The average molecular weight is 180 g/mol. The van der Waals surface area contributed by atoms with Crippen LogP contribution in [0.15, 0.2) is 11.6 Å². The zero-order chi connectivity index (χ0) is 9.68. The summed E-state index contributed by atoms with van der Waals surface area (Å²) in [5.74, 6) is 0.608. The molecule has 0 heterocycles. The molecule has 0 amide bonds. The van der Waals surface area contributed by atoms with Crippen molar-refractivity contribution in [3.63, 3.8) is 0 Å². The van der Waals surface area contributed by atoms with Gasteiger partial charge in [-0.1, -0.05) is 11.6 Å². The van der Waals surface area contributed by atoms with Crippen molar-refractivity contribution >= 4 is 11.6 Å². The summed E-state index contributed by atoms with van der Waals surface area (Å²) in [6, 6.07) is 0. The van der Waals surface area contributed by atoms with Crippen LogP contribution < -0.4 is 0 Å². The van der Waals surface area contributed by atoms with Gasteiger partial charge in [0.1, 0.15) is 11.6 Å². The van der Waals surface area contributed by atoms with Crippen LogP contribution in [0.3, 0.4) is 0 Å². The van der Waals surface area contributed by atoms with Gasteiger partial charge in [-0.3, -0.25) is 9.59 Å². The monoisotopic (exact) mass is 180 g/mol. The molecule has 0 spiro atoms. The lowest BCUT2D eigenvalue weighted by Gasteiger charge is -2.05. The van der Waals surface area contributed by atoms with Crippen LogP contribution in [0.5, 0.6) is 0 Å². The second kappa shape index (κ2) is 4.95.